The van der Waals surface area contributed by atoms with Gasteiger partial charge in [0.25, 0.3) is 0 Å². The van der Waals surface area contributed by atoms with Crippen molar-refractivity contribution in [1.82, 2.24) is 14.9 Å². The Morgan fingerprint density at radius 1 is 1.13 bits per heavy atom. The van der Waals surface area contributed by atoms with Crippen LogP contribution in [-0.2, 0) is 0 Å². The van der Waals surface area contributed by atoms with Gasteiger partial charge in [-0.25, -0.2) is 4.68 Å². The molecule has 0 atom stereocenters. The summed E-state index contributed by atoms with van der Waals surface area (Å²) in [6.45, 7) is 0. The summed E-state index contributed by atoms with van der Waals surface area (Å²) in [7, 11) is 0. The van der Waals surface area contributed by atoms with Crippen LogP contribution in [0.2, 0.25) is 10.0 Å². The zero-order valence-electron chi connectivity index (χ0n) is 7.51. The predicted molar refractivity (Wildman–Crippen MR) is 59.5 cm³/mol. The molecule has 0 saturated heterocycles. The smallest absolute Gasteiger partial charge is 0.141 e. The Morgan fingerprint density at radius 2 is 1.73 bits per heavy atom. The average molecular weight is 241 g/mol. The lowest BCUT2D eigenvalue weighted by atomic mass is 10.2. The molecule has 0 N–H and O–H groups in total. The van der Waals surface area contributed by atoms with Gasteiger partial charge in [0.05, 0.1) is 16.3 Å². The molecule has 0 fully saturated rings. The minimum atomic E-state index is 0.555. The molecule has 15 heavy (non-hydrogen) atoms. The number of hydrogen-bond donors (Lipinski definition) is 0. The predicted octanol–water partition coefficient (Wildman–Crippen LogP) is 2.47. The van der Waals surface area contributed by atoms with Crippen molar-refractivity contribution in [3.05, 3.63) is 46.5 Å². The topological polar surface area (TPSA) is 43.1 Å². The van der Waals surface area contributed by atoms with E-state index >= 15 is 0 Å². The van der Waals surface area contributed by atoms with E-state index in [0.29, 0.717) is 15.6 Å². The van der Waals surface area contributed by atoms with E-state index in [0.717, 1.165) is 0 Å². The fraction of sp³-hybridized carbons (Fsp3) is 0. The first-order valence-electron chi connectivity index (χ1n) is 4.10. The van der Waals surface area contributed by atoms with Gasteiger partial charge in [-0.15, -0.1) is 10.2 Å². The fourth-order valence-corrected chi connectivity index (χ4v) is 1.51. The first-order chi connectivity index (χ1) is 7.27. The van der Waals surface area contributed by atoms with E-state index in [-0.39, 0.29) is 0 Å². The monoisotopic (exact) mass is 240 g/mol. The molecule has 0 saturated carbocycles. The van der Waals surface area contributed by atoms with Crippen LogP contribution in [0.25, 0.3) is 0 Å². The van der Waals surface area contributed by atoms with Crippen LogP contribution in [0.15, 0.2) is 36.0 Å². The summed E-state index contributed by atoms with van der Waals surface area (Å²) in [5.41, 5.74) is 0.675. The van der Waals surface area contributed by atoms with Crippen molar-refractivity contribution in [2.75, 3.05) is 0 Å². The normalized spacial score (nSPS) is 11.1. The van der Waals surface area contributed by atoms with Crippen LogP contribution in [-0.4, -0.2) is 21.1 Å². The van der Waals surface area contributed by atoms with E-state index in [1.165, 1.54) is 17.3 Å². The van der Waals surface area contributed by atoms with Gasteiger partial charge in [0.15, 0.2) is 0 Å². The highest BCUT2D eigenvalue weighted by Gasteiger charge is 2.01. The highest BCUT2D eigenvalue weighted by molar-refractivity contribution is 6.38. The zero-order valence-corrected chi connectivity index (χ0v) is 9.02. The Bertz CT molecular complexity index is 459. The lowest BCUT2D eigenvalue weighted by molar-refractivity contribution is 0.878. The Morgan fingerprint density at radius 3 is 2.33 bits per heavy atom. The van der Waals surface area contributed by atoms with Gasteiger partial charge in [-0.2, -0.15) is 5.10 Å². The number of aromatic nitrogens is 3. The molecule has 2 rings (SSSR count). The van der Waals surface area contributed by atoms with Crippen molar-refractivity contribution in [2.45, 2.75) is 0 Å². The van der Waals surface area contributed by atoms with Gasteiger partial charge in [-0.1, -0.05) is 29.3 Å². The quantitative estimate of drug-likeness (QED) is 0.758. The van der Waals surface area contributed by atoms with Crippen molar-refractivity contribution in [3.63, 3.8) is 0 Å². The maximum absolute atomic E-state index is 5.95. The van der Waals surface area contributed by atoms with Gasteiger partial charge in [0.2, 0.25) is 0 Å². The third-order valence-electron chi connectivity index (χ3n) is 1.73. The second kappa shape index (κ2) is 4.42. The minimum Gasteiger partial charge on any atom is -0.208 e. The molecule has 0 spiro atoms. The highest BCUT2D eigenvalue weighted by Crippen LogP contribution is 2.22. The summed E-state index contributed by atoms with van der Waals surface area (Å²) in [4.78, 5) is 0. The molecule has 2 aromatic rings. The number of halogens is 2. The number of nitrogens with zero attached hydrogens (tertiary/aromatic N) is 4. The molecule has 6 heteroatoms. The van der Waals surface area contributed by atoms with Gasteiger partial charge in [0, 0.05) is 5.56 Å². The number of benzene rings is 1. The molecule has 0 aliphatic heterocycles. The van der Waals surface area contributed by atoms with E-state index in [9.17, 15) is 0 Å². The summed E-state index contributed by atoms with van der Waals surface area (Å²) in [5, 5.41) is 12.4. The van der Waals surface area contributed by atoms with Crippen LogP contribution in [0.3, 0.4) is 0 Å². The third kappa shape index (κ3) is 2.34. The molecule has 0 bridgehead atoms. The zero-order chi connectivity index (χ0) is 10.7. The van der Waals surface area contributed by atoms with Crippen LogP contribution in [0, 0.1) is 0 Å². The molecule has 1 aromatic carbocycles. The van der Waals surface area contributed by atoms with Crippen LogP contribution in [0.4, 0.5) is 0 Å². The lowest BCUT2D eigenvalue weighted by Crippen LogP contribution is -1.89. The molecule has 76 valence electrons. The maximum atomic E-state index is 5.95. The molecule has 1 aromatic heterocycles. The van der Waals surface area contributed by atoms with Gasteiger partial charge in [-0.05, 0) is 12.1 Å². The van der Waals surface area contributed by atoms with Gasteiger partial charge in [-0.3, -0.25) is 0 Å². The number of hydrogen-bond acceptors (Lipinski definition) is 3. The standard InChI is InChI=1S/C9H6Cl2N4/c10-8-2-1-3-9(11)7(8)4-14-15-5-12-13-6-15/h1-6H. The van der Waals surface area contributed by atoms with Crippen LogP contribution < -0.4 is 0 Å². The Balaban J connectivity index is 2.32. The van der Waals surface area contributed by atoms with E-state index < -0.39 is 0 Å². The lowest BCUT2D eigenvalue weighted by Gasteiger charge is -1.99. The Kier molecular flexibility index (Phi) is 2.99. The first kappa shape index (κ1) is 10.1. The van der Waals surface area contributed by atoms with Crippen molar-refractivity contribution < 1.29 is 0 Å². The van der Waals surface area contributed by atoms with Crippen LogP contribution >= 0.6 is 23.2 Å². The molecular weight excluding hydrogens is 235 g/mol. The largest absolute Gasteiger partial charge is 0.208 e. The Hall–Kier alpha value is -1.39. The maximum Gasteiger partial charge on any atom is 0.141 e. The summed E-state index contributed by atoms with van der Waals surface area (Å²) in [6, 6.07) is 5.28. The summed E-state index contributed by atoms with van der Waals surface area (Å²) in [6.07, 6.45) is 4.51. The summed E-state index contributed by atoms with van der Waals surface area (Å²) >= 11 is 11.9. The van der Waals surface area contributed by atoms with Crippen LogP contribution in [0.5, 0.6) is 0 Å². The molecule has 0 unspecified atom stereocenters. The SMILES string of the molecule is Clc1cccc(Cl)c1C=Nn1cnnc1. The summed E-state index contributed by atoms with van der Waals surface area (Å²) < 4.78 is 1.46. The van der Waals surface area contributed by atoms with Crippen molar-refractivity contribution in [1.29, 1.82) is 0 Å². The van der Waals surface area contributed by atoms with Crippen LogP contribution in [0.1, 0.15) is 5.56 Å². The highest BCUT2D eigenvalue weighted by atomic mass is 35.5. The second-order valence-electron chi connectivity index (χ2n) is 2.72. The molecule has 0 amide bonds. The van der Waals surface area contributed by atoms with Crippen molar-refractivity contribution >= 4 is 29.4 Å². The average Bonchev–Trinajstić information content (AvgIpc) is 2.70. The van der Waals surface area contributed by atoms with E-state index in [2.05, 4.69) is 15.3 Å². The Labute approximate surface area is 96.2 Å². The minimum absolute atomic E-state index is 0.555. The summed E-state index contributed by atoms with van der Waals surface area (Å²) in [5.74, 6) is 0. The third-order valence-corrected chi connectivity index (χ3v) is 2.39. The van der Waals surface area contributed by atoms with Gasteiger partial charge < -0.3 is 0 Å². The second-order valence-corrected chi connectivity index (χ2v) is 3.54. The molecular formula is C9H6Cl2N4. The molecule has 1 heterocycles. The molecule has 0 aliphatic carbocycles. The van der Waals surface area contributed by atoms with Gasteiger partial charge >= 0.3 is 0 Å². The van der Waals surface area contributed by atoms with Gasteiger partial charge in [0.1, 0.15) is 12.7 Å². The van der Waals surface area contributed by atoms with Crippen molar-refractivity contribution in [3.8, 4) is 0 Å². The number of rotatable bonds is 2. The van der Waals surface area contributed by atoms with E-state index in [1.54, 1.807) is 24.4 Å². The van der Waals surface area contributed by atoms with Crippen molar-refractivity contribution in [2.24, 2.45) is 5.10 Å². The van der Waals surface area contributed by atoms with E-state index in [1.807, 2.05) is 0 Å². The first-order valence-corrected chi connectivity index (χ1v) is 4.86. The fourth-order valence-electron chi connectivity index (χ4n) is 1.01. The molecule has 0 radical (unpaired) electrons. The van der Waals surface area contributed by atoms with E-state index in [4.69, 9.17) is 23.2 Å². The molecule has 4 nitrogen and oxygen atoms in total. The molecule has 0 aliphatic rings.